The molecule has 0 radical (unpaired) electrons. The topological polar surface area (TPSA) is 55.4 Å². The minimum atomic E-state index is -0.627. The van der Waals surface area contributed by atoms with Gasteiger partial charge in [0.2, 0.25) is 5.91 Å². The summed E-state index contributed by atoms with van der Waals surface area (Å²) in [5.41, 5.74) is 0.918. The van der Waals surface area contributed by atoms with E-state index in [4.69, 9.17) is 0 Å². The molecule has 0 fully saturated rings. The van der Waals surface area contributed by atoms with Crippen LogP contribution in [0.15, 0.2) is 41.3 Å². The lowest BCUT2D eigenvalue weighted by Gasteiger charge is -2.24. The van der Waals surface area contributed by atoms with Crippen molar-refractivity contribution in [2.24, 2.45) is 0 Å². The van der Waals surface area contributed by atoms with Crippen LogP contribution in [0.3, 0.4) is 0 Å². The molecule has 4 nitrogen and oxygen atoms in total. The SMILES string of the molecule is C=C(C(=O)OC)C1Sc2ccccc2NC1=O. The Morgan fingerprint density at radius 3 is 2.88 bits per heavy atom. The molecule has 2 rings (SSSR count). The average Bonchev–Trinajstić information content (AvgIpc) is 2.36. The Morgan fingerprint density at radius 2 is 2.18 bits per heavy atom. The molecule has 0 bridgehead atoms. The molecule has 1 heterocycles. The summed E-state index contributed by atoms with van der Waals surface area (Å²) in [6.07, 6.45) is 0. The van der Waals surface area contributed by atoms with E-state index >= 15 is 0 Å². The number of nitrogens with one attached hydrogen (secondary N) is 1. The highest BCUT2D eigenvalue weighted by atomic mass is 32.2. The lowest BCUT2D eigenvalue weighted by atomic mass is 10.2. The molecule has 1 atom stereocenters. The van der Waals surface area contributed by atoms with E-state index in [1.807, 2.05) is 24.3 Å². The number of carbonyl (C=O) groups is 2. The Balaban J connectivity index is 2.26. The van der Waals surface area contributed by atoms with E-state index in [0.717, 1.165) is 10.6 Å². The van der Waals surface area contributed by atoms with Crippen molar-refractivity contribution < 1.29 is 14.3 Å². The number of fused-ring (bicyclic) bond motifs is 1. The third-order valence-electron chi connectivity index (χ3n) is 2.39. The third-order valence-corrected chi connectivity index (χ3v) is 3.74. The standard InChI is InChI=1S/C12H11NO3S/c1-7(12(15)16-2)10-11(14)13-8-5-3-4-6-9(8)17-10/h3-6,10H,1H2,2H3,(H,13,14). The highest BCUT2D eigenvalue weighted by molar-refractivity contribution is 8.01. The summed E-state index contributed by atoms with van der Waals surface area (Å²) in [5, 5.41) is 2.11. The Hall–Kier alpha value is -1.75. The average molecular weight is 249 g/mol. The lowest BCUT2D eigenvalue weighted by molar-refractivity contribution is -0.136. The minimum absolute atomic E-state index is 0.157. The molecule has 0 saturated heterocycles. The number of anilines is 1. The maximum absolute atomic E-state index is 11.8. The van der Waals surface area contributed by atoms with Crippen molar-refractivity contribution in [2.45, 2.75) is 10.1 Å². The third kappa shape index (κ3) is 2.19. The molecule has 5 heteroatoms. The predicted octanol–water partition coefficient (Wildman–Crippen LogP) is 1.83. The maximum Gasteiger partial charge on any atom is 0.334 e. The van der Waals surface area contributed by atoms with Gasteiger partial charge in [-0.25, -0.2) is 4.79 Å². The minimum Gasteiger partial charge on any atom is -0.466 e. The molecule has 1 amide bonds. The van der Waals surface area contributed by atoms with Crippen LogP contribution in [0, 0.1) is 0 Å². The summed E-state index contributed by atoms with van der Waals surface area (Å²) in [7, 11) is 1.27. The highest BCUT2D eigenvalue weighted by Crippen LogP contribution is 2.37. The van der Waals surface area contributed by atoms with Crippen molar-refractivity contribution in [1.29, 1.82) is 0 Å². The van der Waals surface area contributed by atoms with Crippen LogP contribution in [0.2, 0.25) is 0 Å². The molecular formula is C12H11NO3S. The fourth-order valence-corrected chi connectivity index (χ4v) is 2.58. The molecule has 1 aliphatic heterocycles. The zero-order chi connectivity index (χ0) is 12.4. The molecular weight excluding hydrogens is 238 g/mol. The number of esters is 1. The molecule has 0 aromatic heterocycles. The summed E-state index contributed by atoms with van der Waals surface area (Å²) in [4.78, 5) is 24.1. The fourth-order valence-electron chi connectivity index (χ4n) is 1.52. The monoisotopic (exact) mass is 249 g/mol. The number of thioether (sulfide) groups is 1. The summed E-state index contributed by atoms with van der Waals surface area (Å²) in [6, 6.07) is 7.42. The Bertz CT molecular complexity index is 498. The molecule has 1 aromatic rings. The molecule has 1 N–H and O–H groups in total. The molecule has 17 heavy (non-hydrogen) atoms. The number of ether oxygens (including phenoxy) is 1. The van der Waals surface area contributed by atoms with Gasteiger partial charge >= 0.3 is 5.97 Å². The van der Waals surface area contributed by atoms with Gasteiger partial charge in [-0.3, -0.25) is 4.79 Å². The van der Waals surface area contributed by atoms with Gasteiger partial charge in [0.25, 0.3) is 0 Å². The Morgan fingerprint density at radius 1 is 1.47 bits per heavy atom. The summed E-state index contributed by atoms with van der Waals surface area (Å²) >= 11 is 1.30. The second kappa shape index (κ2) is 4.63. The first-order chi connectivity index (χ1) is 8.13. The number of para-hydroxylation sites is 1. The zero-order valence-corrected chi connectivity index (χ0v) is 10.0. The van der Waals surface area contributed by atoms with Crippen molar-refractivity contribution in [2.75, 3.05) is 12.4 Å². The first-order valence-electron chi connectivity index (χ1n) is 4.97. The zero-order valence-electron chi connectivity index (χ0n) is 9.23. The van der Waals surface area contributed by atoms with E-state index in [1.54, 1.807) is 0 Å². The van der Waals surface area contributed by atoms with Crippen molar-refractivity contribution in [3.05, 3.63) is 36.4 Å². The quantitative estimate of drug-likeness (QED) is 0.641. The Kier molecular flexibility index (Phi) is 3.19. The van der Waals surface area contributed by atoms with Gasteiger partial charge in [-0.1, -0.05) is 18.7 Å². The van der Waals surface area contributed by atoms with Gasteiger partial charge in [0, 0.05) is 4.90 Å². The molecule has 0 spiro atoms. The van der Waals surface area contributed by atoms with Crippen LogP contribution in [-0.2, 0) is 14.3 Å². The smallest absolute Gasteiger partial charge is 0.334 e. The molecule has 0 aliphatic carbocycles. The molecule has 1 aromatic carbocycles. The first kappa shape index (κ1) is 11.7. The summed E-state index contributed by atoms with van der Waals surface area (Å²) < 4.78 is 4.57. The predicted molar refractivity (Wildman–Crippen MR) is 65.9 cm³/mol. The van der Waals surface area contributed by atoms with Crippen LogP contribution in [-0.4, -0.2) is 24.2 Å². The first-order valence-corrected chi connectivity index (χ1v) is 5.85. The molecule has 0 saturated carbocycles. The number of methoxy groups -OCH3 is 1. The summed E-state index contributed by atoms with van der Waals surface area (Å²) in [5.74, 6) is -0.805. The van der Waals surface area contributed by atoms with Gasteiger partial charge in [-0.05, 0) is 12.1 Å². The number of hydrogen-bond donors (Lipinski definition) is 1. The van der Waals surface area contributed by atoms with E-state index < -0.39 is 11.2 Å². The number of amides is 1. The number of carbonyl (C=O) groups excluding carboxylic acids is 2. The van der Waals surface area contributed by atoms with Gasteiger partial charge in [-0.2, -0.15) is 0 Å². The van der Waals surface area contributed by atoms with Crippen molar-refractivity contribution >= 4 is 29.3 Å². The van der Waals surface area contributed by atoms with E-state index in [0.29, 0.717) is 0 Å². The number of benzene rings is 1. The molecule has 1 aliphatic rings. The molecule has 88 valence electrons. The lowest BCUT2D eigenvalue weighted by Crippen LogP contribution is -2.32. The Labute approximate surface area is 103 Å². The molecule has 1 unspecified atom stereocenters. The van der Waals surface area contributed by atoms with Crippen molar-refractivity contribution in [3.8, 4) is 0 Å². The number of rotatable bonds is 2. The van der Waals surface area contributed by atoms with Gasteiger partial charge in [0.1, 0.15) is 5.25 Å². The van der Waals surface area contributed by atoms with Gasteiger partial charge in [0.15, 0.2) is 0 Å². The van der Waals surface area contributed by atoms with Gasteiger partial charge in [-0.15, -0.1) is 11.8 Å². The normalized spacial score (nSPS) is 17.9. The van der Waals surface area contributed by atoms with Crippen LogP contribution < -0.4 is 5.32 Å². The van der Waals surface area contributed by atoms with Crippen LogP contribution >= 0.6 is 11.8 Å². The van der Waals surface area contributed by atoms with E-state index in [-0.39, 0.29) is 11.5 Å². The van der Waals surface area contributed by atoms with Gasteiger partial charge < -0.3 is 10.1 Å². The fraction of sp³-hybridized carbons (Fsp3) is 0.167. The van der Waals surface area contributed by atoms with E-state index in [2.05, 4.69) is 16.6 Å². The van der Waals surface area contributed by atoms with E-state index in [1.165, 1.54) is 18.9 Å². The van der Waals surface area contributed by atoms with Crippen LogP contribution in [0.5, 0.6) is 0 Å². The van der Waals surface area contributed by atoms with Crippen LogP contribution in [0.4, 0.5) is 5.69 Å². The second-order valence-corrected chi connectivity index (χ2v) is 4.65. The van der Waals surface area contributed by atoms with Crippen LogP contribution in [0.25, 0.3) is 0 Å². The largest absolute Gasteiger partial charge is 0.466 e. The van der Waals surface area contributed by atoms with Crippen molar-refractivity contribution in [1.82, 2.24) is 0 Å². The summed E-state index contributed by atoms with van der Waals surface area (Å²) in [6.45, 7) is 3.62. The van der Waals surface area contributed by atoms with E-state index in [9.17, 15) is 9.59 Å². The second-order valence-electron chi connectivity index (χ2n) is 3.50. The van der Waals surface area contributed by atoms with Gasteiger partial charge in [0.05, 0.1) is 18.4 Å². The van der Waals surface area contributed by atoms with Crippen molar-refractivity contribution in [3.63, 3.8) is 0 Å². The maximum atomic E-state index is 11.8. The number of hydrogen-bond acceptors (Lipinski definition) is 4. The highest BCUT2D eigenvalue weighted by Gasteiger charge is 2.32. The van der Waals surface area contributed by atoms with Crippen LogP contribution in [0.1, 0.15) is 0 Å².